The van der Waals surface area contributed by atoms with E-state index in [0.717, 1.165) is 38.5 Å². The Hall–Kier alpha value is -1.95. The van der Waals surface area contributed by atoms with Gasteiger partial charge in [0.1, 0.15) is 5.69 Å². The first-order chi connectivity index (χ1) is 11.4. The number of carbonyl (C=O) groups is 2. The number of carbonyl (C=O) groups excluding carboxylic acids is 2. The maximum atomic E-state index is 12.9. The van der Waals surface area contributed by atoms with E-state index in [2.05, 4.69) is 4.98 Å². The van der Waals surface area contributed by atoms with Crippen LogP contribution < -0.4 is 5.73 Å². The van der Waals surface area contributed by atoms with E-state index in [1.54, 1.807) is 6.07 Å². The van der Waals surface area contributed by atoms with E-state index in [4.69, 9.17) is 5.73 Å². The largest absolute Gasteiger partial charge is 0.390 e. The Morgan fingerprint density at radius 1 is 1.29 bits per heavy atom. The third-order valence-electron chi connectivity index (χ3n) is 5.53. The average Bonchev–Trinajstić information content (AvgIpc) is 3.03. The van der Waals surface area contributed by atoms with Gasteiger partial charge in [-0.25, -0.2) is 0 Å². The zero-order valence-electron chi connectivity index (χ0n) is 14.1. The van der Waals surface area contributed by atoms with E-state index in [1.807, 2.05) is 11.8 Å². The molecule has 3 N–H and O–H groups in total. The van der Waals surface area contributed by atoms with Gasteiger partial charge in [-0.05, 0) is 44.7 Å². The van der Waals surface area contributed by atoms with Gasteiger partial charge in [0, 0.05) is 24.7 Å². The topological polar surface area (TPSA) is 96.5 Å². The fourth-order valence-electron chi connectivity index (χ4n) is 4.25. The fourth-order valence-corrected chi connectivity index (χ4v) is 4.25. The minimum atomic E-state index is -0.708. The zero-order valence-corrected chi connectivity index (χ0v) is 14.1. The van der Waals surface area contributed by atoms with Crippen molar-refractivity contribution in [3.05, 3.63) is 29.6 Å². The zero-order chi connectivity index (χ0) is 17.3. The van der Waals surface area contributed by atoms with Gasteiger partial charge in [0.15, 0.2) is 0 Å². The van der Waals surface area contributed by atoms with Crippen LogP contribution in [-0.2, 0) is 0 Å². The molecule has 3 unspecified atom stereocenters. The van der Waals surface area contributed by atoms with E-state index >= 15 is 0 Å². The standard InChI is InChI=1S/C18H25N3O3/c1-18(24)9-3-2-5-13(18)15-6-4-10-21(15)17(23)12-7-8-14(16(19)22)20-11-12/h7-8,11,13,15,24H,2-6,9-10H2,1H3,(H2,19,22). The van der Waals surface area contributed by atoms with Crippen LogP contribution in [0.2, 0.25) is 0 Å². The predicted octanol–water partition coefficient (Wildman–Crippen LogP) is 1.73. The van der Waals surface area contributed by atoms with Crippen LogP contribution in [0.3, 0.4) is 0 Å². The van der Waals surface area contributed by atoms with Crippen molar-refractivity contribution in [2.75, 3.05) is 6.54 Å². The highest BCUT2D eigenvalue weighted by Gasteiger charge is 2.44. The molecule has 3 rings (SSSR count). The molecule has 1 aliphatic heterocycles. The summed E-state index contributed by atoms with van der Waals surface area (Å²) < 4.78 is 0. The quantitative estimate of drug-likeness (QED) is 0.881. The maximum absolute atomic E-state index is 12.9. The van der Waals surface area contributed by atoms with Gasteiger partial charge in [0.25, 0.3) is 11.8 Å². The number of rotatable bonds is 3. The number of primary amides is 1. The lowest BCUT2D eigenvalue weighted by Gasteiger charge is -2.43. The summed E-state index contributed by atoms with van der Waals surface area (Å²) >= 11 is 0. The Labute approximate surface area is 142 Å². The van der Waals surface area contributed by atoms with Gasteiger partial charge in [0.05, 0.1) is 11.2 Å². The smallest absolute Gasteiger partial charge is 0.267 e. The second-order valence-corrected chi connectivity index (χ2v) is 7.21. The second-order valence-electron chi connectivity index (χ2n) is 7.21. The van der Waals surface area contributed by atoms with Crippen molar-refractivity contribution in [1.29, 1.82) is 0 Å². The van der Waals surface area contributed by atoms with E-state index in [1.165, 1.54) is 12.3 Å². The van der Waals surface area contributed by atoms with Crippen molar-refractivity contribution < 1.29 is 14.7 Å². The lowest BCUT2D eigenvalue weighted by Crippen LogP contribution is -2.50. The first-order valence-electron chi connectivity index (χ1n) is 8.69. The third-order valence-corrected chi connectivity index (χ3v) is 5.53. The number of hydrogen-bond acceptors (Lipinski definition) is 4. The first-order valence-corrected chi connectivity index (χ1v) is 8.69. The summed E-state index contributed by atoms with van der Waals surface area (Å²) in [5.41, 5.74) is 5.09. The Morgan fingerprint density at radius 3 is 2.71 bits per heavy atom. The van der Waals surface area contributed by atoms with Gasteiger partial charge in [-0.15, -0.1) is 0 Å². The number of nitrogens with two attached hydrogens (primary N) is 1. The lowest BCUT2D eigenvalue weighted by molar-refractivity contribution is -0.0577. The Balaban J connectivity index is 1.79. The molecule has 130 valence electrons. The van der Waals surface area contributed by atoms with Crippen LogP contribution in [0.25, 0.3) is 0 Å². The Kier molecular flexibility index (Phi) is 4.58. The van der Waals surface area contributed by atoms with Crippen LogP contribution in [0.5, 0.6) is 0 Å². The van der Waals surface area contributed by atoms with Crippen LogP contribution in [0.1, 0.15) is 66.3 Å². The number of pyridine rings is 1. The molecule has 1 saturated carbocycles. The summed E-state index contributed by atoms with van der Waals surface area (Å²) in [7, 11) is 0. The molecule has 3 atom stereocenters. The van der Waals surface area contributed by atoms with Crippen molar-refractivity contribution in [2.24, 2.45) is 11.7 Å². The molecule has 2 aliphatic rings. The van der Waals surface area contributed by atoms with E-state index in [0.29, 0.717) is 12.1 Å². The summed E-state index contributed by atoms with van der Waals surface area (Å²) in [5, 5.41) is 10.8. The van der Waals surface area contributed by atoms with Crippen LogP contribution in [-0.4, -0.2) is 45.0 Å². The van der Waals surface area contributed by atoms with Crippen LogP contribution in [0.4, 0.5) is 0 Å². The molecular weight excluding hydrogens is 306 g/mol. The van der Waals surface area contributed by atoms with Crippen molar-refractivity contribution >= 4 is 11.8 Å². The Morgan fingerprint density at radius 2 is 2.08 bits per heavy atom. The molecule has 2 heterocycles. The number of hydrogen-bond donors (Lipinski definition) is 2. The number of aliphatic hydroxyl groups is 1. The molecule has 2 fully saturated rings. The molecule has 0 radical (unpaired) electrons. The van der Waals surface area contributed by atoms with Gasteiger partial charge < -0.3 is 15.7 Å². The molecule has 6 nitrogen and oxygen atoms in total. The summed E-state index contributed by atoms with van der Waals surface area (Å²) in [6.07, 6.45) is 7.20. The molecule has 1 aromatic rings. The van der Waals surface area contributed by atoms with E-state index in [9.17, 15) is 14.7 Å². The first kappa shape index (κ1) is 16.9. The predicted molar refractivity (Wildman–Crippen MR) is 89.4 cm³/mol. The van der Waals surface area contributed by atoms with Crippen LogP contribution in [0.15, 0.2) is 18.3 Å². The lowest BCUT2D eigenvalue weighted by atomic mass is 9.72. The van der Waals surface area contributed by atoms with Gasteiger partial charge in [-0.1, -0.05) is 12.8 Å². The molecule has 6 heteroatoms. The number of likely N-dealkylation sites (tertiary alicyclic amines) is 1. The molecule has 24 heavy (non-hydrogen) atoms. The van der Waals surface area contributed by atoms with Gasteiger partial charge in [-0.2, -0.15) is 0 Å². The summed E-state index contributed by atoms with van der Waals surface area (Å²) in [6.45, 7) is 2.61. The maximum Gasteiger partial charge on any atom is 0.267 e. The minimum Gasteiger partial charge on any atom is -0.390 e. The number of amides is 2. The van der Waals surface area contributed by atoms with Crippen molar-refractivity contribution in [1.82, 2.24) is 9.88 Å². The molecule has 2 amide bonds. The molecule has 0 aromatic carbocycles. The fraction of sp³-hybridized carbons (Fsp3) is 0.611. The summed E-state index contributed by atoms with van der Waals surface area (Å²) in [4.78, 5) is 29.8. The number of aromatic nitrogens is 1. The summed E-state index contributed by atoms with van der Waals surface area (Å²) in [6, 6.07) is 3.16. The molecule has 0 spiro atoms. The van der Waals surface area contributed by atoms with Gasteiger partial charge in [0.2, 0.25) is 0 Å². The van der Waals surface area contributed by atoms with Crippen molar-refractivity contribution in [3.8, 4) is 0 Å². The normalized spacial score (nSPS) is 30.3. The highest BCUT2D eigenvalue weighted by atomic mass is 16.3. The van der Waals surface area contributed by atoms with Crippen molar-refractivity contribution in [2.45, 2.75) is 57.1 Å². The molecule has 0 bridgehead atoms. The van der Waals surface area contributed by atoms with Crippen LogP contribution in [0, 0.1) is 5.92 Å². The molecular formula is C18H25N3O3. The van der Waals surface area contributed by atoms with Gasteiger partial charge in [-0.3, -0.25) is 14.6 Å². The highest BCUT2D eigenvalue weighted by Crippen LogP contribution is 2.41. The molecule has 1 aliphatic carbocycles. The summed E-state index contributed by atoms with van der Waals surface area (Å²) in [5.74, 6) is -0.566. The second kappa shape index (κ2) is 6.51. The van der Waals surface area contributed by atoms with Crippen LogP contribution >= 0.6 is 0 Å². The van der Waals surface area contributed by atoms with Crippen molar-refractivity contribution in [3.63, 3.8) is 0 Å². The highest BCUT2D eigenvalue weighted by molar-refractivity contribution is 5.96. The molecule has 1 aromatic heterocycles. The number of nitrogens with zero attached hydrogens (tertiary/aromatic N) is 2. The van der Waals surface area contributed by atoms with Gasteiger partial charge >= 0.3 is 0 Å². The SMILES string of the molecule is CC1(O)CCCCC1C1CCCN1C(=O)c1ccc(C(N)=O)nc1. The monoisotopic (exact) mass is 331 g/mol. The average molecular weight is 331 g/mol. The Bertz CT molecular complexity index is 627. The van der Waals surface area contributed by atoms with E-state index < -0.39 is 11.5 Å². The third kappa shape index (κ3) is 3.15. The minimum absolute atomic E-state index is 0.0728. The van der Waals surface area contributed by atoms with E-state index in [-0.39, 0.29) is 23.6 Å². The molecule has 1 saturated heterocycles.